The van der Waals surface area contributed by atoms with Gasteiger partial charge in [0, 0.05) is 5.75 Å². The fourth-order valence-corrected chi connectivity index (χ4v) is 2.14. The zero-order valence-electron chi connectivity index (χ0n) is 15.4. The van der Waals surface area contributed by atoms with Crippen molar-refractivity contribution in [1.82, 2.24) is 16.0 Å². The van der Waals surface area contributed by atoms with Crippen LogP contribution in [0.25, 0.3) is 0 Å². The predicted molar refractivity (Wildman–Crippen MR) is 98.9 cm³/mol. The summed E-state index contributed by atoms with van der Waals surface area (Å²) in [4.78, 5) is 47.4. The molecule has 0 fully saturated rings. The van der Waals surface area contributed by atoms with Gasteiger partial charge in [-0.25, -0.2) is 4.79 Å². The van der Waals surface area contributed by atoms with Gasteiger partial charge in [0.2, 0.25) is 17.7 Å². The van der Waals surface area contributed by atoms with Crippen LogP contribution in [0.3, 0.4) is 0 Å². The predicted octanol–water partition coefficient (Wildman–Crippen LogP) is -3.19. The molecule has 0 aromatic carbocycles. The van der Waals surface area contributed by atoms with Gasteiger partial charge >= 0.3 is 5.97 Å². The maximum atomic E-state index is 12.3. The van der Waals surface area contributed by atoms with Crippen molar-refractivity contribution in [3.05, 3.63) is 0 Å². The lowest BCUT2D eigenvalue weighted by atomic mass is 10.0. The molecule has 11 nitrogen and oxygen atoms in total. The smallest absolute Gasteiger partial charge is 0.326 e. The molecule has 5 atom stereocenters. The Morgan fingerprint density at radius 3 is 1.85 bits per heavy atom. The lowest BCUT2D eigenvalue weighted by Gasteiger charge is -2.26. The SMILES string of the molecule is CC(C)C(NC(=O)C(CO)NC(=O)C(NC(=O)C(N)CS)C(C)O)C(=O)O. The highest BCUT2D eigenvalue weighted by atomic mass is 32.1. The number of hydrogen-bond donors (Lipinski definition) is 8. The third kappa shape index (κ3) is 8.12. The summed E-state index contributed by atoms with van der Waals surface area (Å²) in [5.74, 6) is -4.30. The number of aliphatic hydroxyl groups is 2. The number of carbonyl (C=O) groups is 4. The Kier molecular flexibility index (Phi) is 10.9. The van der Waals surface area contributed by atoms with Gasteiger partial charge in [0.15, 0.2) is 0 Å². The van der Waals surface area contributed by atoms with E-state index < -0.39 is 66.5 Å². The molecule has 0 aliphatic rings. The van der Waals surface area contributed by atoms with Crippen LogP contribution in [0, 0.1) is 5.92 Å². The van der Waals surface area contributed by atoms with Crippen molar-refractivity contribution >= 4 is 36.3 Å². The van der Waals surface area contributed by atoms with Crippen molar-refractivity contribution in [2.24, 2.45) is 11.7 Å². The third-order valence-corrected chi connectivity index (χ3v) is 4.04. The van der Waals surface area contributed by atoms with E-state index in [1.54, 1.807) is 13.8 Å². The molecular formula is C15H28N4O7S. The van der Waals surface area contributed by atoms with E-state index in [0.717, 1.165) is 0 Å². The highest BCUT2D eigenvalue weighted by molar-refractivity contribution is 7.80. The largest absolute Gasteiger partial charge is 0.480 e. The molecule has 5 unspecified atom stereocenters. The topological polar surface area (TPSA) is 191 Å². The average molecular weight is 408 g/mol. The molecule has 0 aliphatic heterocycles. The summed E-state index contributed by atoms with van der Waals surface area (Å²) in [6.07, 6.45) is -1.33. The van der Waals surface area contributed by atoms with Crippen LogP contribution in [-0.4, -0.2) is 81.6 Å². The van der Waals surface area contributed by atoms with E-state index in [4.69, 9.17) is 10.8 Å². The van der Waals surface area contributed by atoms with Crippen LogP contribution < -0.4 is 21.7 Å². The van der Waals surface area contributed by atoms with Gasteiger partial charge in [-0.3, -0.25) is 14.4 Å². The van der Waals surface area contributed by atoms with Crippen LogP contribution in [0.4, 0.5) is 0 Å². The minimum atomic E-state index is -1.48. The van der Waals surface area contributed by atoms with Crippen LogP contribution in [-0.2, 0) is 19.2 Å². The van der Waals surface area contributed by atoms with Crippen molar-refractivity contribution < 1.29 is 34.5 Å². The summed E-state index contributed by atoms with van der Waals surface area (Å²) in [7, 11) is 0. The van der Waals surface area contributed by atoms with Gasteiger partial charge in [-0.15, -0.1) is 0 Å². The van der Waals surface area contributed by atoms with E-state index in [2.05, 4.69) is 28.6 Å². The van der Waals surface area contributed by atoms with Gasteiger partial charge in [0.05, 0.1) is 18.8 Å². The van der Waals surface area contributed by atoms with E-state index >= 15 is 0 Å². The number of rotatable bonds is 11. The Bertz CT molecular complexity index is 544. The lowest BCUT2D eigenvalue weighted by Crippen LogP contribution is -2.61. The zero-order chi connectivity index (χ0) is 21.3. The molecule has 0 aromatic rings. The van der Waals surface area contributed by atoms with Crippen molar-refractivity contribution in [3.8, 4) is 0 Å². The van der Waals surface area contributed by atoms with Gasteiger partial charge in [0.25, 0.3) is 0 Å². The van der Waals surface area contributed by atoms with Crippen molar-refractivity contribution in [1.29, 1.82) is 0 Å². The summed E-state index contributed by atoms with van der Waals surface area (Å²) >= 11 is 3.86. The van der Waals surface area contributed by atoms with Crippen molar-refractivity contribution in [2.45, 2.75) is 51.0 Å². The molecular weight excluding hydrogens is 380 g/mol. The number of aliphatic hydroxyl groups excluding tert-OH is 2. The standard InChI is InChI=1S/C15H28N4O7S/c1-6(2)10(15(25)26)18-13(23)9(4-20)17-14(24)11(7(3)21)19-12(22)8(16)5-27/h6-11,20-21,27H,4-5,16H2,1-3H3,(H,17,24)(H,18,23)(H,19,22)(H,25,26). The number of nitrogens with two attached hydrogens (primary N) is 1. The molecule has 0 rings (SSSR count). The lowest BCUT2D eigenvalue weighted by molar-refractivity contribution is -0.144. The van der Waals surface area contributed by atoms with Crippen LogP contribution in [0.1, 0.15) is 20.8 Å². The second kappa shape index (κ2) is 11.7. The Labute approximate surface area is 162 Å². The molecule has 156 valence electrons. The van der Waals surface area contributed by atoms with Gasteiger partial charge in [0.1, 0.15) is 18.1 Å². The Balaban J connectivity index is 5.13. The highest BCUT2D eigenvalue weighted by Crippen LogP contribution is 2.03. The summed E-state index contributed by atoms with van der Waals surface area (Å²) in [6, 6.07) is -5.15. The van der Waals surface area contributed by atoms with Crippen LogP contribution >= 0.6 is 12.6 Å². The fourth-order valence-electron chi connectivity index (χ4n) is 1.97. The van der Waals surface area contributed by atoms with Gasteiger partial charge in [-0.1, -0.05) is 13.8 Å². The molecule has 3 amide bonds. The van der Waals surface area contributed by atoms with E-state index in [1.165, 1.54) is 6.92 Å². The Morgan fingerprint density at radius 2 is 1.48 bits per heavy atom. The first kappa shape index (κ1) is 25.1. The number of carboxylic acids is 1. The summed E-state index contributed by atoms with van der Waals surface area (Å²) < 4.78 is 0. The molecule has 0 saturated carbocycles. The summed E-state index contributed by atoms with van der Waals surface area (Å²) in [6.45, 7) is 3.58. The third-order valence-electron chi connectivity index (χ3n) is 3.64. The minimum Gasteiger partial charge on any atom is -0.480 e. The average Bonchev–Trinajstić information content (AvgIpc) is 2.59. The summed E-state index contributed by atoms with van der Waals surface area (Å²) in [5.41, 5.74) is 5.49. The number of aliphatic carboxylic acids is 1. The van der Waals surface area contributed by atoms with E-state index in [0.29, 0.717) is 0 Å². The Hall–Kier alpha value is -1.89. The second-order valence-corrected chi connectivity index (χ2v) is 6.69. The first-order valence-corrected chi connectivity index (χ1v) is 8.88. The molecule has 0 aromatic heterocycles. The van der Waals surface area contributed by atoms with Gasteiger partial charge in [-0.2, -0.15) is 12.6 Å². The molecule has 0 bridgehead atoms. The van der Waals surface area contributed by atoms with Crippen LogP contribution in [0.15, 0.2) is 0 Å². The maximum absolute atomic E-state index is 12.3. The molecule has 0 spiro atoms. The number of hydrogen-bond acceptors (Lipinski definition) is 8. The minimum absolute atomic E-state index is 0.00737. The van der Waals surface area contributed by atoms with Crippen LogP contribution in [0.2, 0.25) is 0 Å². The fraction of sp³-hybridized carbons (Fsp3) is 0.733. The highest BCUT2D eigenvalue weighted by Gasteiger charge is 2.32. The van der Waals surface area contributed by atoms with Crippen molar-refractivity contribution in [2.75, 3.05) is 12.4 Å². The normalized spacial score (nSPS) is 16.6. The monoisotopic (exact) mass is 408 g/mol. The maximum Gasteiger partial charge on any atom is 0.326 e. The molecule has 27 heavy (non-hydrogen) atoms. The molecule has 0 aliphatic carbocycles. The van der Waals surface area contributed by atoms with Crippen LogP contribution in [0.5, 0.6) is 0 Å². The second-order valence-electron chi connectivity index (χ2n) is 6.33. The number of amides is 3. The first-order valence-electron chi connectivity index (χ1n) is 8.25. The molecule has 0 radical (unpaired) electrons. The molecule has 0 heterocycles. The zero-order valence-corrected chi connectivity index (χ0v) is 16.3. The van der Waals surface area contributed by atoms with E-state index in [-0.39, 0.29) is 5.75 Å². The number of nitrogens with one attached hydrogen (secondary N) is 3. The number of carboxylic acid groups (broad SMARTS) is 1. The van der Waals surface area contributed by atoms with Crippen molar-refractivity contribution in [3.63, 3.8) is 0 Å². The Morgan fingerprint density at radius 1 is 0.963 bits per heavy atom. The molecule has 8 N–H and O–H groups in total. The number of thiol groups is 1. The quantitative estimate of drug-likeness (QED) is 0.164. The summed E-state index contributed by atoms with van der Waals surface area (Å²) in [5, 5.41) is 34.8. The number of carbonyl (C=O) groups excluding carboxylic acids is 3. The van der Waals surface area contributed by atoms with Gasteiger partial charge < -0.3 is 37.0 Å². The molecule has 12 heteroatoms. The van der Waals surface area contributed by atoms with Gasteiger partial charge in [-0.05, 0) is 12.8 Å². The van der Waals surface area contributed by atoms with E-state index in [1.807, 2.05) is 0 Å². The first-order chi connectivity index (χ1) is 12.5. The van der Waals surface area contributed by atoms with E-state index in [9.17, 15) is 29.4 Å². The molecule has 0 saturated heterocycles.